The number of carbonyl (C=O) groups excluding carboxylic acids is 2. The molecule has 3 fully saturated rings. The van der Waals surface area contributed by atoms with E-state index in [2.05, 4.69) is 10.3 Å². The number of likely N-dealkylation sites (tertiary alicyclic amines) is 1. The zero-order valence-corrected chi connectivity index (χ0v) is 18.8. The van der Waals surface area contributed by atoms with Gasteiger partial charge in [-0.3, -0.25) is 9.59 Å². The molecule has 6 heteroatoms. The third kappa shape index (κ3) is 3.81. The maximum atomic E-state index is 12.9. The van der Waals surface area contributed by atoms with Crippen molar-refractivity contribution in [3.63, 3.8) is 0 Å². The molecule has 1 unspecified atom stereocenters. The quantitative estimate of drug-likeness (QED) is 0.597. The number of para-hydroxylation sites is 2. The van der Waals surface area contributed by atoms with Crippen LogP contribution in [0.15, 0.2) is 52.9 Å². The second-order valence-electron chi connectivity index (χ2n) is 9.98. The number of oxazole rings is 1. The number of nitrogens with zero attached hydrogens (tertiary/aromatic N) is 2. The lowest BCUT2D eigenvalue weighted by Gasteiger charge is -2.32. The van der Waals surface area contributed by atoms with E-state index in [0.29, 0.717) is 30.3 Å². The Bertz CT molecular complexity index is 1150. The highest BCUT2D eigenvalue weighted by atomic mass is 16.3. The average molecular weight is 444 g/mol. The average Bonchev–Trinajstić information content (AvgIpc) is 3.16. The van der Waals surface area contributed by atoms with E-state index in [0.717, 1.165) is 41.6 Å². The molecule has 6 rings (SSSR count). The number of anilines is 1. The van der Waals surface area contributed by atoms with Crippen LogP contribution in [-0.2, 0) is 9.59 Å². The second kappa shape index (κ2) is 8.01. The molecule has 0 radical (unpaired) electrons. The second-order valence-corrected chi connectivity index (χ2v) is 9.98. The summed E-state index contributed by atoms with van der Waals surface area (Å²) in [4.78, 5) is 32.3. The van der Waals surface area contributed by atoms with Crippen molar-refractivity contribution in [1.82, 2.24) is 9.88 Å². The number of nitrogens with one attached hydrogen (secondary N) is 1. The first kappa shape index (κ1) is 20.5. The van der Waals surface area contributed by atoms with Gasteiger partial charge in [-0.05, 0) is 73.9 Å². The Morgan fingerprint density at radius 1 is 1.00 bits per heavy atom. The molecule has 1 spiro atoms. The fraction of sp³-hybridized carbons (Fsp3) is 0.444. The van der Waals surface area contributed by atoms with Gasteiger partial charge in [0.15, 0.2) is 5.58 Å². The van der Waals surface area contributed by atoms with E-state index < -0.39 is 0 Å². The molecule has 1 saturated heterocycles. The standard InChI is InChI=1S/C27H29N3O3/c31-24(18-11-15-30(16-12-18)26(32)21-17-27(21)13-3-4-14-27)28-20-9-7-19(8-10-20)25-29-22-5-1-2-6-23(22)33-25/h1-2,5-10,18,21H,3-4,11-17H2,(H,28,31). The lowest BCUT2D eigenvalue weighted by Crippen LogP contribution is -2.42. The minimum absolute atomic E-state index is 0.0374. The maximum Gasteiger partial charge on any atom is 0.227 e. The fourth-order valence-corrected chi connectivity index (χ4v) is 5.85. The molecule has 170 valence electrons. The molecule has 0 bridgehead atoms. The van der Waals surface area contributed by atoms with Gasteiger partial charge in [0.2, 0.25) is 17.7 Å². The van der Waals surface area contributed by atoms with Gasteiger partial charge in [0, 0.05) is 36.2 Å². The molecule has 2 saturated carbocycles. The van der Waals surface area contributed by atoms with Gasteiger partial charge in [-0.1, -0.05) is 25.0 Å². The summed E-state index contributed by atoms with van der Waals surface area (Å²) in [5.74, 6) is 1.15. The van der Waals surface area contributed by atoms with Crippen LogP contribution in [0.2, 0.25) is 0 Å². The number of rotatable bonds is 4. The van der Waals surface area contributed by atoms with Gasteiger partial charge in [-0.15, -0.1) is 0 Å². The van der Waals surface area contributed by atoms with Crippen LogP contribution in [0.25, 0.3) is 22.6 Å². The van der Waals surface area contributed by atoms with Crippen molar-refractivity contribution >= 4 is 28.6 Å². The highest BCUT2D eigenvalue weighted by Gasteiger charge is 2.59. The predicted octanol–water partition coefficient (Wildman–Crippen LogP) is 5.25. The summed E-state index contributed by atoms with van der Waals surface area (Å²) in [6, 6.07) is 15.3. The summed E-state index contributed by atoms with van der Waals surface area (Å²) < 4.78 is 5.82. The summed E-state index contributed by atoms with van der Waals surface area (Å²) in [6.07, 6.45) is 7.58. The van der Waals surface area contributed by atoms with Crippen molar-refractivity contribution < 1.29 is 14.0 Å². The molecule has 2 amide bonds. The molecule has 3 aromatic rings. The van der Waals surface area contributed by atoms with E-state index in [1.54, 1.807) is 0 Å². The third-order valence-corrected chi connectivity index (χ3v) is 7.96. The number of benzene rings is 2. The van der Waals surface area contributed by atoms with E-state index in [9.17, 15) is 9.59 Å². The van der Waals surface area contributed by atoms with Crippen molar-refractivity contribution in [2.45, 2.75) is 44.9 Å². The fourth-order valence-electron chi connectivity index (χ4n) is 5.85. The molecule has 2 aromatic carbocycles. The molecule has 1 aliphatic heterocycles. The summed E-state index contributed by atoms with van der Waals surface area (Å²) in [5, 5.41) is 3.04. The van der Waals surface area contributed by atoms with Crippen LogP contribution in [-0.4, -0.2) is 34.8 Å². The van der Waals surface area contributed by atoms with Crippen LogP contribution in [0.3, 0.4) is 0 Å². The van der Waals surface area contributed by atoms with E-state index in [1.165, 1.54) is 25.7 Å². The van der Waals surface area contributed by atoms with Gasteiger partial charge >= 0.3 is 0 Å². The largest absolute Gasteiger partial charge is 0.436 e. The zero-order chi connectivity index (χ0) is 22.4. The maximum absolute atomic E-state index is 12.9. The molecule has 3 aliphatic rings. The van der Waals surface area contributed by atoms with Crippen LogP contribution in [0.5, 0.6) is 0 Å². The van der Waals surface area contributed by atoms with Crippen LogP contribution in [0.4, 0.5) is 5.69 Å². The van der Waals surface area contributed by atoms with Crippen molar-refractivity contribution in [2.24, 2.45) is 17.3 Å². The Balaban J connectivity index is 1.03. The lowest BCUT2D eigenvalue weighted by atomic mass is 9.94. The van der Waals surface area contributed by atoms with E-state index in [1.807, 2.05) is 53.4 Å². The number of aromatic nitrogens is 1. The van der Waals surface area contributed by atoms with Gasteiger partial charge in [0.25, 0.3) is 0 Å². The summed E-state index contributed by atoms with van der Waals surface area (Å²) in [7, 11) is 0. The molecule has 1 aromatic heterocycles. The Labute approximate surface area is 193 Å². The number of fused-ring (bicyclic) bond motifs is 1. The Kier molecular flexibility index (Phi) is 4.97. The molecular formula is C27H29N3O3. The monoisotopic (exact) mass is 443 g/mol. The highest BCUT2D eigenvalue weighted by molar-refractivity contribution is 5.93. The van der Waals surface area contributed by atoms with Crippen LogP contribution in [0, 0.1) is 17.3 Å². The van der Waals surface area contributed by atoms with Crippen molar-refractivity contribution in [2.75, 3.05) is 18.4 Å². The molecule has 1 atom stereocenters. The first-order valence-corrected chi connectivity index (χ1v) is 12.2. The number of carbonyl (C=O) groups is 2. The molecule has 1 N–H and O–H groups in total. The van der Waals surface area contributed by atoms with Gasteiger partial charge < -0.3 is 14.6 Å². The lowest BCUT2D eigenvalue weighted by molar-refractivity contribution is -0.136. The van der Waals surface area contributed by atoms with Crippen LogP contribution < -0.4 is 5.32 Å². The third-order valence-electron chi connectivity index (χ3n) is 7.96. The molecule has 2 aliphatic carbocycles. The first-order chi connectivity index (χ1) is 16.1. The smallest absolute Gasteiger partial charge is 0.227 e. The normalized spacial score (nSPS) is 22.1. The summed E-state index contributed by atoms with van der Waals surface area (Å²) in [5.41, 5.74) is 3.57. The summed E-state index contributed by atoms with van der Waals surface area (Å²) in [6.45, 7) is 1.39. The minimum atomic E-state index is -0.0505. The molecule has 6 nitrogen and oxygen atoms in total. The Morgan fingerprint density at radius 3 is 2.45 bits per heavy atom. The summed E-state index contributed by atoms with van der Waals surface area (Å²) >= 11 is 0. The number of amides is 2. The Morgan fingerprint density at radius 2 is 1.73 bits per heavy atom. The first-order valence-electron chi connectivity index (χ1n) is 12.2. The number of piperidine rings is 1. The Hall–Kier alpha value is -3.15. The van der Waals surface area contributed by atoms with E-state index in [-0.39, 0.29) is 17.7 Å². The molecular weight excluding hydrogens is 414 g/mol. The highest BCUT2D eigenvalue weighted by Crippen LogP contribution is 2.63. The minimum Gasteiger partial charge on any atom is -0.436 e. The SMILES string of the molecule is O=C(Nc1ccc(-c2nc3ccccc3o2)cc1)C1CCN(C(=O)C2CC23CCCC3)CC1. The van der Waals surface area contributed by atoms with Crippen LogP contribution >= 0.6 is 0 Å². The van der Waals surface area contributed by atoms with Crippen molar-refractivity contribution in [1.29, 1.82) is 0 Å². The number of hydrogen-bond acceptors (Lipinski definition) is 4. The van der Waals surface area contributed by atoms with Gasteiger partial charge in [0.05, 0.1) is 0 Å². The van der Waals surface area contributed by atoms with E-state index in [4.69, 9.17) is 4.42 Å². The molecule has 2 heterocycles. The van der Waals surface area contributed by atoms with Gasteiger partial charge in [-0.25, -0.2) is 4.98 Å². The predicted molar refractivity (Wildman–Crippen MR) is 126 cm³/mol. The van der Waals surface area contributed by atoms with Crippen molar-refractivity contribution in [3.05, 3.63) is 48.5 Å². The number of hydrogen-bond donors (Lipinski definition) is 1. The van der Waals surface area contributed by atoms with Gasteiger partial charge in [0.1, 0.15) is 5.52 Å². The van der Waals surface area contributed by atoms with Gasteiger partial charge in [-0.2, -0.15) is 0 Å². The zero-order valence-electron chi connectivity index (χ0n) is 18.8. The topological polar surface area (TPSA) is 75.4 Å². The molecule has 33 heavy (non-hydrogen) atoms. The van der Waals surface area contributed by atoms with Crippen molar-refractivity contribution in [3.8, 4) is 11.5 Å². The van der Waals surface area contributed by atoms with Crippen LogP contribution in [0.1, 0.15) is 44.9 Å². The van der Waals surface area contributed by atoms with E-state index >= 15 is 0 Å².